The van der Waals surface area contributed by atoms with E-state index in [2.05, 4.69) is 26.1 Å². The number of rotatable bonds is 7. The van der Waals surface area contributed by atoms with Crippen molar-refractivity contribution in [3.8, 4) is 0 Å². The van der Waals surface area contributed by atoms with Crippen LogP contribution in [-0.4, -0.2) is 28.0 Å². The molecule has 0 spiro atoms. The smallest absolute Gasteiger partial charge is 0.340 e. The van der Waals surface area contributed by atoms with Crippen molar-refractivity contribution >= 4 is 40.8 Å². The van der Waals surface area contributed by atoms with Crippen molar-refractivity contribution < 1.29 is 23.9 Å². The molecule has 1 atom stereocenters. The van der Waals surface area contributed by atoms with Crippen LogP contribution in [-0.2, 0) is 4.57 Å². The van der Waals surface area contributed by atoms with Crippen LogP contribution in [0, 0.1) is 17.3 Å². The third-order valence-corrected chi connectivity index (χ3v) is 9.91. The molecular formula is C34H38NO5P. The lowest BCUT2D eigenvalue weighted by molar-refractivity contribution is 0.0914. The van der Waals surface area contributed by atoms with Crippen LogP contribution in [0.3, 0.4) is 0 Å². The van der Waals surface area contributed by atoms with E-state index in [9.17, 15) is 23.9 Å². The molecule has 1 unspecified atom stereocenters. The molecule has 4 aromatic rings. The van der Waals surface area contributed by atoms with Crippen LogP contribution in [0.15, 0.2) is 78.9 Å². The van der Waals surface area contributed by atoms with Gasteiger partial charge in [0, 0.05) is 12.1 Å². The van der Waals surface area contributed by atoms with Gasteiger partial charge in [0.2, 0.25) is 0 Å². The molecule has 1 fully saturated rings. The van der Waals surface area contributed by atoms with Crippen molar-refractivity contribution in [1.29, 1.82) is 0 Å². The molecule has 0 heterocycles. The maximum absolute atomic E-state index is 14.2. The molecule has 7 heteroatoms. The first kappa shape index (κ1) is 29.2. The molecule has 5 rings (SSSR count). The number of carbonyl (C=O) groups excluding carboxylic acids is 2. The van der Waals surface area contributed by atoms with Gasteiger partial charge in [-0.25, -0.2) is 0 Å². The van der Waals surface area contributed by atoms with E-state index < -0.39 is 24.9 Å². The molecule has 1 amide bonds. The van der Waals surface area contributed by atoms with Crippen LogP contribution in [0.2, 0.25) is 0 Å². The summed E-state index contributed by atoms with van der Waals surface area (Å²) in [5.41, 5.74) is -1.08. The van der Waals surface area contributed by atoms with Crippen molar-refractivity contribution in [2.75, 3.05) is 6.54 Å². The summed E-state index contributed by atoms with van der Waals surface area (Å²) >= 11 is 0. The molecule has 1 aliphatic rings. The summed E-state index contributed by atoms with van der Waals surface area (Å²) in [6.07, 6.45) is 4.32. The second-order valence-electron chi connectivity index (χ2n) is 12.5. The lowest BCUT2D eigenvalue weighted by Gasteiger charge is -2.37. The van der Waals surface area contributed by atoms with Gasteiger partial charge in [-0.2, -0.15) is 0 Å². The van der Waals surface area contributed by atoms with Gasteiger partial charge in [-0.1, -0.05) is 87.5 Å². The zero-order valence-electron chi connectivity index (χ0n) is 23.8. The number of fused-ring (bicyclic) bond motifs is 2. The van der Waals surface area contributed by atoms with E-state index in [4.69, 9.17) is 0 Å². The molecule has 0 bridgehead atoms. The van der Waals surface area contributed by atoms with Crippen LogP contribution in [0.25, 0.3) is 21.5 Å². The lowest BCUT2D eigenvalue weighted by atomic mass is 9.70. The topological polar surface area (TPSA) is 104 Å². The molecule has 214 valence electrons. The first-order valence-corrected chi connectivity index (χ1v) is 16.0. The van der Waals surface area contributed by atoms with Gasteiger partial charge in [-0.15, -0.1) is 0 Å². The number of Topliss-reactive ketones (excluding diaryl/α,β-unsaturated/α-hetero) is 1. The minimum atomic E-state index is -4.97. The summed E-state index contributed by atoms with van der Waals surface area (Å²) in [4.78, 5) is 48.8. The second kappa shape index (κ2) is 11.5. The number of carbonyl (C=O) groups is 2. The number of ketones is 1. The molecule has 1 aliphatic carbocycles. The number of amides is 1. The first-order valence-electron chi connectivity index (χ1n) is 14.3. The minimum Gasteiger partial charge on any atom is -0.352 e. The van der Waals surface area contributed by atoms with Gasteiger partial charge in [0.1, 0.15) is 5.66 Å². The van der Waals surface area contributed by atoms with Gasteiger partial charge in [-0.3, -0.25) is 14.2 Å². The van der Waals surface area contributed by atoms with Crippen molar-refractivity contribution in [1.82, 2.24) is 5.32 Å². The zero-order valence-corrected chi connectivity index (χ0v) is 24.7. The molecule has 0 aliphatic heterocycles. The largest absolute Gasteiger partial charge is 0.352 e. The Hall–Kier alpha value is -3.31. The molecule has 0 saturated heterocycles. The number of nitrogens with one attached hydrogen (secondary N) is 1. The minimum absolute atomic E-state index is 0.0129. The number of hydrogen-bond acceptors (Lipinski definition) is 3. The van der Waals surface area contributed by atoms with Crippen LogP contribution in [0.4, 0.5) is 0 Å². The fraction of sp³-hybridized carbons (Fsp3) is 0.353. The third-order valence-electron chi connectivity index (χ3n) is 8.72. The fourth-order valence-electron chi connectivity index (χ4n) is 6.31. The van der Waals surface area contributed by atoms with E-state index in [1.165, 1.54) is 0 Å². The molecule has 0 aromatic heterocycles. The maximum Gasteiger partial charge on any atom is 0.340 e. The summed E-state index contributed by atoms with van der Waals surface area (Å²) in [6, 6.07) is 22.9. The molecule has 41 heavy (non-hydrogen) atoms. The Bertz CT molecular complexity index is 1640. The number of benzene rings is 4. The van der Waals surface area contributed by atoms with Crippen molar-refractivity contribution in [2.24, 2.45) is 17.3 Å². The summed E-state index contributed by atoms with van der Waals surface area (Å²) in [5.74, 6) is -0.149. The average Bonchev–Trinajstić information content (AvgIpc) is 2.94. The fourth-order valence-corrected chi connectivity index (χ4v) is 7.34. The highest BCUT2D eigenvalue weighted by molar-refractivity contribution is 7.53. The predicted molar refractivity (Wildman–Crippen MR) is 164 cm³/mol. The van der Waals surface area contributed by atoms with E-state index in [0.29, 0.717) is 23.8 Å². The maximum atomic E-state index is 14.2. The zero-order chi connectivity index (χ0) is 29.4. The Kier molecular flexibility index (Phi) is 8.20. The quantitative estimate of drug-likeness (QED) is 0.156. The summed E-state index contributed by atoms with van der Waals surface area (Å²) < 4.78 is 12.9. The van der Waals surface area contributed by atoms with Gasteiger partial charge in [0.25, 0.3) is 5.91 Å². The van der Waals surface area contributed by atoms with Crippen LogP contribution in [0.5, 0.6) is 0 Å². The SMILES string of the molecule is CC(C)(C)C1CCC(CNC(=O)c2cc3ccccc3cc2C(=O)C(c2cccc3ccccc23)P(=O)(O)O)CC1. The molecule has 1 saturated carbocycles. The van der Waals surface area contributed by atoms with Gasteiger partial charge in [0.05, 0.1) is 5.56 Å². The lowest BCUT2D eigenvalue weighted by Crippen LogP contribution is -2.34. The Morgan fingerprint density at radius 3 is 2.00 bits per heavy atom. The van der Waals surface area contributed by atoms with Crippen LogP contribution < -0.4 is 5.32 Å². The van der Waals surface area contributed by atoms with Crippen molar-refractivity contribution in [3.63, 3.8) is 0 Å². The molecule has 6 nitrogen and oxygen atoms in total. The van der Waals surface area contributed by atoms with E-state index >= 15 is 0 Å². The summed E-state index contributed by atoms with van der Waals surface area (Å²) in [6.45, 7) is 7.34. The number of hydrogen-bond donors (Lipinski definition) is 3. The van der Waals surface area contributed by atoms with Crippen molar-refractivity contribution in [2.45, 2.75) is 52.1 Å². The van der Waals surface area contributed by atoms with Crippen molar-refractivity contribution in [3.05, 3.63) is 95.6 Å². The Balaban J connectivity index is 1.49. The molecule has 0 radical (unpaired) electrons. The Morgan fingerprint density at radius 1 is 0.829 bits per heavy atom. The molecular weight excluding hydrogens is 533 g/mol. The van der Waals surface area contributed by atoms with Crippen LogP contribution in [0.1, 0.15) is 78.4 Å². The van der Waals surface area contributed by atoms with Gasteiger partial charge >= 0.3 is 7.60 Å². The molecule has 4 aromatic carbocycles. The summed E-state index contributed by atoms with van der Waals surface area (Å²) in [7, 11) is -4.97. The molecule has 3 N–H and O–H groups in total. The van der Waals surface area contributed by atoms with E-state index in [-0.39, 0.29) is 22.1 Å². The highest BCUT2D eigenvalue weighted by Crippen LogP contribution is 2.55. The average molecular weight is 572 g/mol. The summed E-state index contributed by atoms with van der Waals surface area (Å²) in [5, 5.41) is 5.90. The Morgan fingerprint density at radius 2 is 1.39 bits per heavy atom. The predicted octanol–water partition coefficient (Wildman–Crippen LogP) is 7.68. The normalized spacial score (nSPS) is 18.8. The van der Waals surface area contributed by atoms with Gasteiger partial charge in [0.15, 0.2) is 5.78 Å². The van der Waals surface area contributed by atoms with Crippen LogP contribution >= 0.6 is 7.60 Å². The Labute approximate surface area is 241 Å². The van der Waals surface area contributed by atoms with Gasteiger partial charge in [-0.05, 0) is 82.2 Å². The second-order valence-corrected chi connectivity index (χ2v) is 14.2. The van der Waals surface area contributed by atoms with E-state index in [1.807, 2.05) is 42.5 Å². The highest BCUT2D eigenvalue weighted by Gasteiger charge is 2.40. The highest BCUT2D eigenvalue weighted by atomic mass is 31.2. The first-order chi connectivity index (χ1) is 19.4. The van der Waals surface area contributed by atoms with Gasteiger partial charge < -0.3 is 15.1 Å². The van der Waals surface area contributed by atoms with E-state index in [1.54, 1.807) is 36.4 Å². The standard InChI is InChI=1S/C34H38NO5P/c1-34(2,3)26-17-15-22(16-18-26)21-35-33(37)30-20-25-11-5-4-10-24(25)19-29(30)31(36)32(41(38,39)40)28-14-8-12-23-9-6-7-13-27(23)28/h4-14,19-20,22,26,32H,15-18,21H2,1-3H3,(H,35,37)(H2,38,39,40). The monoisotopic (exact) mass is 571 g/mol. The van der Waals surface area contributed by atoms with E-state index in [0.717, 1.165) is 41.8 Å². The third kappa shape index (κ3) is 6.30.